The predicted octanol–water partition coefficient (Wildman–Crippen LogP) is 2.63. The number of hydrogen-bond donors (Lipinski definition) is 4. The fraction of sp³-hybridized carbons (Fsp3) is 0.533. The molecule has 0 amide bonds. The van der Waals surface area contributed by atoms with Crippen molar-refractivity contribution in [2.24, 2.45) is 5.73 Å². The molecule has 0 heterocycles. The fourth-order valence-electron chi connectivity index (χ4n) is 2.85. The lowest BCUT2D eigenvalue weighted by Gasteiger charge is -2.21. The normalized spacial score (nSPS) is 22.2. The summed E-state index contributed by atoms with van der Waals surface area (Å²) < 4.78 is 0. The van der Waals surface area contributed by atoms with Crippen LogP contribution in [0.5, 0.6) is 0 Å². The molecule has 5 N–H and O–H groups in total. The summed E-state index contributed by atoms with van der Waals surface area (Å²) in [6, 6.07) is 9.00. The van der Waals surface area contributed by atoms with Crippen LogP contribution in [0.3, 0.4) is 0 Å². The molecule has 19 heavy (non-hydrogen) atoms. The van der Waals surface area contributed by atoms with Gasteiger partial charge in [-0.05, 0) is 37.0 Å². The molecule has 1 aromatic rings. The first-order valence-corrected chi connectivity index (χ1v) is 7.15. The van der Waals surface area contributed by atoms with Crippen LogP contribution in [0.2, 0.25) is 0 Å². The van der Waals surface area contributed by atoms with Gasteiger partial charge in [-0.1, -0.05) is 25.5 Å². The maximum atomic E-state index is 7.38. The van der Waals surface area contributed by atoms with Gasteiger partial charge < -0.3 is 16.4 Å². The number of nitrogens with two attached hydrogens (primary N) is 1. The van der Waals surface area contributed by atoms with E-state index in [1.807, 2.05) is 0 Å². The Morgan fingerprint density at radius 1 is 1.32 bits per heavy atom. The Morgan fingerprint density at radius 2 is 2.05 bits per heavy atom. The molecule has 0 bridgehead atoms. The second kappa shape index (κ2) is 6.45. The Kier molecular flexibility index (Phi) is 4.66. The zero-order valence-electron chi connectivity index (χ0n) is 11.6. The van der Waals surface area contributed by atoms with Gasteiger partial charge >= 0.3 is 0 Å². The average Bonchev–Trinajstić information content (AvgIpc) is 2.84. The third kappa shape index (κ3) is 3.63. The van der Waals surface area contributed by atoms with Crippen molar-refractivity contribution in [2.75, 3.05) is 11.9 Å². The highest BCUT2D eigenvalue weighted by molar-refractivity contribution is 5.74. The molecule has 1 saturated carbocycles. The van der Waals surface area contributed by atoms with E-state index >= 15 is 0 Å². The molecule has 1 aliphatic carbocycles. The molecule has 1 aromatic carbocycles. The highest BCUT2D eigenvalue weighted by Crippen LogP contribution is 2.34. The molecule has 0 aromatic heterocycles. The zero-order valence-corrected chi connectivity index (χ0v) is 11.6. The summed E-state index contributed by atoms with van der Waals surface area (Å²) in [6.45, 7) is 3.18. The van der Waals surface area contributed by atoms with Crippen molar-refractivity contribution in [1.82, 2.24) is 5.32 Å². The number of guanidine groups is 1. The first-order chi connectivity index (χ1) is 9.20. The molecular weight excluding hydrogens is 236 g/mol. The van der Waals surface area contributed by atoms with Crippen LogP contribution in [0.4, 0.5) is 5.69 Å². The van der Waals surface area contributed by atoms with Gasteiger partial charge in [-0.2, -0.15) is 0 Å². The van der Waals surface area contributed by atoms with Crippen LogP contribution >= 0.6 is 0 Å². The molecule has 2 rings (SSSR count). The van der Waals surface area contributed by atoms with Gasteiger partial charge in [-0.25, -0.2) is 0 Å². The van der Waals surface area contributed by atoms with Crippen molar-refractivity contribution >= 4 is 11.6 Å². The highest BCUT2D eigenvalue weighted by atomic mass is 15.1. The minimum Gasteiger partial charge on any atom is -0.385 e. The SMILES string of the molecule is CCCNc1ccc(C2CCCC2NC(=N)N)cc1. The Labute approximate surface area is 115 Å². The van der Waals surface area contributed by atoms with Crippen molar-refractivity contribution in [2.45, 2.75) is 44.6 Å². The van der Waals surface area contributed by atoms with Crippen LogP contribution in [-0.2, 0) is 0 Å². The molecule has 1 fully saturated rings. The lowest BCUT2D eigenvalue weighted by Crippen LogP contribution is -2.40. The minimum absolute atomic E-state index is 0.0816. The van der Waals surface area contributed by atoms with E-state index in [4.69, 9.17) is 11.1 Å². The third-order valence-corrected chi connectivity index (χ3v) is 3.77. The number of anilines is 1. The van der Waals surface area contributed by atoms with Crippen molar-refractivity contribution < 1.29 is 0 Å². The third-order valence-electron chi connectivity index (χ3n) is 3.77. The molecule has 0 spiro atoms. The van der Waals surface area contributed by atoms with Gasteiger partial charge in [0.1, 0.15) is 0 Å². The van der Waals surface area contributed by atoms with Gasteiger partial charge in [0.2, 0.25) is 0 Å². The van der Waals surface area contributed by atoms with Gasteiger partial charge in [0.25, 0.3) is 0 Å². The molecule has 4 heteroatoms. The van der Waals surface area contributed by atoms with Crippen molar-refractivity contribution in [3.05, 3.63) is 29.8 Å². The molecule has 0 radical (unpaired) electrons. The van der Waals surface area contributed by atoms with Crippen molar-refractivity contribution in [1.29, 1.82) is 5.41 Å². The quantitative estimate of drug-likeness (QED) is 0.486. The summed E-state index contributed by atoms with van der Waals surface area (Å²) in [5, 5.41) is 13.8. The van der Waals surface area contributed by atoms with Gasteiger partial charge in [0.15, 0.2) is 5.96 Å². The van der Waals surface area contributed by atoms with Crippen molar-refractivity contribution in [3.8, 4) is 0 Å². The molecular formula is C15H24N4. The maximum absolute atomic E-state index is 7.38. The largest absolute Gasteiger partial charge is 0.385 e. The second-order valence-corrected chi connectivity index (χ2v) is 5.25. The Hall–Kier alpha value is -1.71. The number of rotatable bonds is 5. The van der Waals surface area contributed by atoms with E-state index in [-0.39, 0.29) is 5.96 Å². The van der Waals surface area contributed by atoms with Crippen LogP contribution < -0.4 is 16.4 Å². The maximum Gasteiger partial charge on any atom is 0.185 e. The van der Waals surface area contributed by atoms with Crippen molar-refractivity contribution in [3.63, 3.8) is 0 Å². The monoisotopic (exact) mass is 260 g/mol. The summed E-state index contributed by atoms with van der Waals surface area (Å²) in [6.07, 6.45) is 4.60. The van der Waals surface area contributed by atoms with Crippen LogP contribution in [0.1, 0.15) is 44.1 Å². The molecule has 0 saturated heterocycles. The van der Waals surface area contributed by atoms with E-state index in [1.165, 1.54) is 24.1 Å². The molecule has 1 aliphatic rings. The first kappa shape index (κ1) is 13.7. The van der Waals surface area contributed by atoms with Crippen LogP contribution in [0.25, 0.3) is 0 Å². The lowest BCUT2D eigenvalue weighted by molar-refractivity contribution is 0.556. The highest BCUT2D eigenvalue weighted by Gasteiger charge is 2.28. The fourth-order valence-corrected chi connectivity index (χ4v) is 2.85. The van der Waals surface area contributed by atoms with Gasteiger partial charge in [-0.3, -0.25) is 5.41 Å². The number of benzene rings is 1. The van der Waals surface area contributed by atoms with E-state index in [0.29, 0.717) is 12.0 Å². The van der Waals surface area contributed by atoms with E-state index in [9.17, 15) is 0 Å². The number of hydrogen-bond acceptors (Lipinski definition) is 2. The lowest BCUT2D eigenvalue weighted by atomic mass is 9.94. The summed E-state index contributed by atoms with van der Waals surface area (Å²) in [5.74, 6) is 0.558. The number of nitrogens with one attached hydrogen (secondary N) is 3. The van der Waals surface area contributed by atoms with Gasteiger partial charge in [0, 0.05) is 24.2 Å². The Bertz CT molecular complexity index is 413. The predicted molar refractivity (Wildman–Crippen MR) is 80.7 cm³/mol. The summed E-state index contributed by atoms with van der Waals surface area (Å²) in [5.41, 5.74) is 7.98. The van der Waals surface area contributed by atoms with Crippen LogP contribution in [-0.4, -0.2) is 18.5 Å². The standard InChI is InChI=1S/C15H24N4/c1-2-10-18-12-8-6-11(7-9-12)13-4-3-5-14(13)19-15(16)17/h6-9,13-14,18H,2-5,10H2,1H3,(H4,16,17,19). The van der Waals surface area contributed by atoms with Crippen LogP contribution in [0, 0.1) is 5.41 Å². The summed E-state index contributed by atoms with van der Waals surface area (Å²) in [7, 11) is 0. The van der Waals surface area contributed by atoms with E-state index < -0.39 is 0 Å². The van der Waals surface area contributed by atoms with Gasteiger partial charge in [-0.15, -0.1) is 0 Å². The summed E-state index contributed by atoms with van der Waals surface area (Å²) in [4.78, 5) is 0. The van der Waals surface area contributed by atoms with E-state index in [2.05, 4.69) is 41.8 Å². The minimum atomic E-state index is 0.0816. The van der Waals surface area contributed by atoms with Crippen LogP contribution in [0.15, 0.2) is 24.3 Å². The van der Waals surface area contributed by atoms with E-state index in [0.717, 1.165) is 19.4 Å². The topological polar surface area (TPSA) is 73.9 Å². The van der Waals surface area contributed by atoms with E-state index in [1.54, 1.807) is 0 Å². The molecule has 104 valence electrons. The Balaban J connectivity index is 2.02. The molecule has 2 unspecified atom stereocenters. The molecule has 4 nitrogen and oxygen atoms in total. The zero-order chi connectivity index (χ0) is 13.7. The van der Waals surface area contributed by atoms with Gasteiger partial charge in [0.05, 0.1) is 0 Å². The molecule has 0 aliphatic heterocycles. The second-order valence-electron chi connectivity index (χ2n) is 5.25. The Morgan fingerprint density at radius 3 is 2.68 bits per heavy atom. The average molecular weight is 260 g/mol. The first-order valence-electron chi connectivity index (χ1n) is 7.15. The smallest absolute Gasteiger partial charge is 0.185 e. The molecule has 2 atom stereocenters. The summed E-state index contributed by atoms with van der Waals surface area (Å²) >= 11 is 0.